The average molecular weight is 471 g/mol. The van der Waals surface area contributed by atoms with Gasteiger partial charge in [-0.1, -0.05) is 66.7 Å². The monoisotopic (exact) mass is 470 g/mol. The molecule has 4 heteroatoms. The summed E-state index contributed by atoms with van der Waals surface area (Å²) in [6, 6.07) is 37.7. The first-order valence-electron chi connectivity index (χ1n) is 12.4. The Hall–Kier alpha value is -4.28. The summed E-state index contributed by atoms with van der Waals surface area (Å²) in [4.78, 5) is 2.46. The summed E-state index contributed by atoms with van der Waals surface area (Å²) in [6.07, 6.45) is 2.18. The second-order valence-electron chi connectivity index (χ2n) is 9.36. The third kappa shape index (κ3) is 3.34. The van der Waals surface area contributed by atoms with Crippen LogP contribution in [0.4, 0.5) is 0 Å². The Morgan fingerprint density at radius 1 is 0.750 bits per heavy atom. The molecule has 3 heterocycles. The average Bonchev–Trinajstić information content (AvgIpc) is 3.50. The van der Waals surface area contributed by atoms with Gasteiger partial charge in [0.05, 0.1) is 18.3 Å². The standard InChI is InChI=1S/C32H26N2O2/c1-33-27-15-9-8-14-26(27)31-29(33)20-28(34-30(21-35-32(31)34)22-10-4-2-5-11-22)23-16-18-25(19-17-23)36-24-12-6-3-7-13-24/h2-20,30,32H,21H2,1H3/t30-,32+/m0/s1. The maximum absolute atomic E-state index is 6.57. The lowest BCUT2D eigenvalue weighted by Crippen LogP contribution is -2.28. The van der Waals surface area contributed by atoms with E-state index >= 15 is 0 Å². The Balaban J connectivity index is 1.35. The predicted octanol–water partition coefficient (Wildman–Crippen LogP) is 7.55. The molecule has 1 aromatic heterocycles. The molecule has 4 aromatic carbocycles. The highest BCUT2D eigenvalue weighted by molar-refractivity contribution is 5.94. The number of benzene rings is 4. The van der Waals surface area contributed by atoms with E-state index in [1.54, 1.807) is 0 Å². The minimum Gasteiger partial charge on any atom is -0.457 e. The van der Waals surface area contributed by atoms with Gasteiger partial charge in [-0.15, -0.1) is 0 Å². The molecule has 2 aliphatic heterocycles. The number of hydrogen-bond donors (Lipinski definition) is 0. The third-order valence-electron chi connectivity index (χ3n) is 7.31. The van der Waals surface area contributed by atoms with Crippen LogP contribution in [0.1, 0.15) is 34.7 Å². The number of ether oxygens (including phenoxy) is 2. The van der Waals surface area contributed by atoms with Crippen molar-refractivity contribution in [1.29, 1.82) is 0 Å². The summed E-state index contributed by atoms with van der Waals surface area (Å²) >= 11 is 0. The number of para-hydroxylation sites is 2. The summed E-state index contributed by atoms with van der Waals surface area (Å²) in [7, 11) is 2.14. The maximum Gasteiger partial charge on any atom is 0.159 e. The fourth-order valence-corrected chi connectivity index (χ4v) is 5.59. The van der Waals surface area contributed by atoms with Crippen molar-refractivity contribution >= 4 is 22.7 Å². The number of aryl methyl sites for hydroxylation is 1. The highest BCUT2D eigenvalue weighted by atomic mass is 16.5. The van der Waals surface area contributed by atoms with Gasteiger partial charge in [0.1, 0.15) is 11.5 Å². The van der Waals surface area contributed by atoms with E-state index in [0.29, 0.717) is 6.61 Å². The van der Waals surface area contributed by atoms with E-state index in [0.717, 1.165) is 22.8 Å². The molecule has 0 N–H and O–H groups in total. The summed E-state index contributed by atoms with van der Waals surface area (Å²) in [5.74, 6) is 1.65. The minimum atomic E-state index is -0.142. The normalized spacial score (nSPS) is 18.6. The molecule has 0 amide bonds. The molecule has 0 aliphatic carbocycles. The molecule has 0 unspecified atom stereocenters. The van der Waals surface area contributed by atoms with Crippen molar-refractivity contribution in [3.63, 3.8) is 0 Å². The number of aromatic nitrogens is 1. The Bertz CT molecular complexity index is 1570. The van der Waals surface area contributed by atoms with Crippen LogP contribution in [0.25, 0.3) is 22.7 Å². The lowest BCUT2D eigenvalue weighted by atomic mass is 9.97. The van der Waals surface area contributed by atoms with Crippen molar-refractivity contribution in [2.75, 3.05) is 6.61 Å². The van der Waals surface area contributed by atoms with E-state index in [9.17, 15) is 0 Å². The van der Waals surface area contributed by atoms with Crippen LogP contribution in [0.15, 0.2) is 109 Å². The van der Waals surface area contributed by atoms with Crippen LogP contribution in [-0.2, 0) is 11.8 Å². The van der Waals surface area contributed by atoms with Crippen molar-refractivity contribution in [3.8, 4) is 11.5 Å². The van der Waals surface area contributed by atoms with E-state index < -0.39 is 0 Å². The van der Waals surface area contributed by atoms with Gasteiger partial charge in [-0.25, -0.2) is 0 Å². The van der Waals surface area contributed by atoms with Gasteiger partial charge in [0.15, 0.2) is 6.23 Å². The second kappa shape index (κ2) is 8.43. The number of rotatable bonds is 4. The van der Waals surface area contributed by atoms with Gasteiger partial charge in [-0.2, -0.15) is 0 Å². The van der Waals surface area contributed by atoms with Crippen molar-refractivity contribution in [3.05, 3.63) is 132 Å². The van der Waals surface area contributed by atoms with Gasteiger partial charge in [0, 0.05) is 29.2 Å². The van der Waals surface area contributed by atoms with Crippen molar-refractivity contribution in [1.82, 2.24) is 9.47 Å². The molecule has 0 spiro atoms. The van der Waals surface area contributed by atoms with Crippen molar-refractivity contribution in [2.24, 2.45) is 7.05 Å². The SMILES string of the molecule is Cn1c2c(c3ccccc31)[C@H]1OC[C@@H](c3ccccc3)N1C(c1ccc(Oc3ccccc3)cc1)=C2. The van der Waals surface area contributed by atoms with Gasteiger partial charge in [-0.3, -0.25) is 0 Å². The molecule has 36 heavy (non-hydrogen) atoms. The van der Waals surface area contributed by atoms with Gasteiger partial charge in [0.25, 0.3) is 0 Å². The first-order valence-corrected chi connectivity index (χ1v) is 12.4. The molecule has 0 bridgehead atoms. The van der Waals surface area contributed by atoms with E-state index in [2.05, 4.69) is 89.3 Å². The van der Waals surface area contributed by atoms with Gasteiger partial charge in [0.2, 0.25) is 0 Å². The molecular weight excluding hydrogens is 444 g/mol. The summed E-state index contributed by atoms with van der Waals surface area (Å²) in [6.45, 7) is 0.643. The molecule has 2 aliphatic rings. The van der Waals surface area contributed by atoms with Crippen LogP contribution >= 0.6 is 0 Å². The molecule has 7 rings (SSSR count). The molecule has 176 valence electrons. The van der Waals surface area contributed by atoms with Crippen LogP contribution in [0.5, 0.6) is 11.5 Å². The molecular formula is C32H26N2O2. The zero-order valence-electron chi connectivity index (χ0n) is 20.0. The highest BCUT2D eigenvalue weighted by Gasteiger charge is 2.43. The van der Waals surface area contributed by atoms with Crippen molar-refractivity contribution in [2.45, 2.75) is 12.3 Å². The topological polar surface area (TPSA) is 26.6 Å². The second-order valence-corrected chi connectivity index (χ2v) is 9.36. The first kappa shape index (κ1) is 21.0. The molecule has 5 aromatic rings. The van der Waals surface area contributed by atoms with Gasteiger partial charge in [-0.05, 0) is 59.7 Å². The van der Waals surface area contributed by atoms with Crippen molar-refractivity contribution < 1.29 is 9.47 Å². The van der Waals surface area contributed by atoms with Gasteiger partial charge < -0.3 is 18.9 Å². The van der Waals surface area contributed by atoms with E-state index in [1.807, 2.05) is 42.5 Å². The zero-order valence-corrected chi connectivity index (χ0v) is 20.0. The van der Waals surface area contributed by atoms with Crippen LogP contribution in [0.2, 0.25) is 0 Å². The third-order valence-corrected chi connectivity index (χ3v) is 7.31. The maximum atomic E-state index is 6.57. The summed E-state index contributed by atoms with van der Waals surface area (Å²) in [5, 5.41) is 1.25. The molecule has 2 atom stereocenters. The molecule has 4 nitrogen and oxygen atoms in total. The van der Waals surface area contributed by atoms with E-state index in [4.69, 9.17) is 9.47 Å². The zero-order chi connectivity index (χ0) is 24.1. The quantitative estimate of drug-likeness (QED) is 0.271. The van der Waals surface area contributed by atoms with Crippen LogP contribution in [0, 0.1) is 0 Å². The molecule has 1 fully saturated rings. The largest absolute Gasteiger partial charge is 0.457 e. The lowest BCUT2D eigenvalue weighted by Gasteiger charge is -2.36. The van der Waals surface area contributed by atoms with E-state index in [-0.39, 0.29) is 12.3 Å². The molecule has 0 saturated carbocycles. The van der Waals surface area contributed by atoms with Gasteiger partial charge >= 0.3 is 0 Å². The summed E-state index contributed by atoms with van der Waals surface area (Å²) in [5.41, 5.74) is 7.24. The smallest absolute Gasteiger partial charge is 0.159 e. The fourth-order valence-electron chi connectivity index (χ4n) is 5.59. The van der Waals surface area contributed by atoms with Crippen LogP contribution in [-0.4, -0.2) is 16.1 Å². The minimum absolute atomic E-state index is 0.134. The molecule has 1 saturated heterocycles. The van der Waals surface area contributed by atoms with Crippen LogP contribution in [0.3, 0.4) is 0 Å². The highest BCUT2D eigenvalue weighted by Crippen LogP contribution is 2.51. The fraction of sp³-hybridized carbons (Fsp3) is 0.125. The predicted molar refractivity (Wildman–Crippen MR) is 143 cm³/mol. The number of fused-ring (bicyclic) bond motifs is 5. The lowest BCUT2D eigenvalue weighted by molar-refractivity contribution is 0.0582. The summed E-state index contributed by atoms with van der Waals surface area (Å²) < 4.78 is 14.9. The van der Waals surface area contributed by atoms with E-state index in [1.165, 1.54) is 27.7 Å². The van der Waals surface area contributed by atoms with Crippen LogP contribution < -0.4 is 4.74 Å². The Labute approximate surface area is 210 Å². The Morgan fingerprint density at radius 3 is 2.19 bits per heavy atom. The molecule has 0 radical (unpaired) electrons. The Kier molecular flexibility index (Phi) is 4.93. The Morgan fingerprint density at radius 2 is 1.42 bits per heavy atom. The number of hydrogen-bond acceptors (Lipinski definition) is 3. The number of nitrogens with zero attached hydrogens (tertiary/aromatic N) is 2. The first-order chi connectivity index (χ1) is 17.8.